The average Bonchev–Trinajstić information content (AvgIpc) is 3.26. The van der Waals surface area contributed by atoms with Crippen molar-refractivity contribution in [3.05, 3.63) is 83.6 Å². The molecule has 170 valence electrons. The van der Waals surface area contributed by atoms with Gasteiger partial charge >= 0.3 is 0 Å². The van der Waals surface area contributed by atoms with Crippen LogP contribution in [0.25, 0.3) is 22.0 Å². The molecule has 1 atom stereocenters. The Morgan fingerprint density at radius 1 is 1.03 bits per heavy atom. The number of aromatic nitrogens is 1. The van der Waals surface area contributed by atoms with Crippen molar-refractivity contribution < 1.29 is 19.4 Å². The van der Waals surface area contributed by atoms with Gasteiger partial charge in [-0.25, -0.2) is 0 Å². The molecule has 3 N–H and O–H groups in total. The van der Waals surface area contributed by atoms with Crippen LogP contribution >= 0.6 is 0 Å². The summed E-state index contributed by atoms with van der Waals surface area (Å²) in [6.07, 6.45) is 2.46. The summed E-state index contributed by atoms with van der Waals surface area (Å²) >= 11 is 0. The van der Waals surface area contributed by atoms with E-state index in [1.165, 1.54) is 0 Å². The van der Waals surface area contributed by atoms with Crippen molar-refractivity contribution in [2.45, 2.75) is 19.4 Å². The van der Waals surface area contributed by atoms with E-state index in [1.54, 1.807) is 20.3 Å². The van der Waals surface area contributed by atoms with Gasteiger partial charge in [-0.2, -0.15) is 0 Å². The molecule has 6 nitrogen and oxygen atoms in total. The highest BCUT2D eigenvalue weighted by Gasteiger charge is 2.17. The van der Waals surface area contributed by atoms with Crippen LogP contribution in [0.1, 0.15) is 21.5 Å². The quantitative estimate of drug-likeness (QED) is 0.374. The van der Waals surface area contributed by atoms with Gasteiger partial charge in [-0.3, -0.25) is 4.79 Å². The number of carbonyl (C=O) groups is 1. The number of aryl methyl sites for hydroxylation is 1. The standard InChI is InChI=1S/C27H28N2O4/c1-17-8-9-19(13-23(17)18-10-11-25(32-2)26(14-18)33-3)27(31)29-21(16-30)12-20-15-28-24-7-5-4-6-22(20)24/h4-11,13-15,21,28,30H,12,16H2,1-3H3,(H,29,31)/t21-/m1/s1. The Balaban J connectivity index is 1.55. The Bertz CT molecular complexity index is 1280. The van der Waals surface area contributed by atoms with Crippen LogP contribution in [0.3, 0.4) is 0 Å². The van der Waals surface area contributed by atoms with Crippen LogP contribution in [0.2, 0.25) is 0 Å². The molecule has 0 fully saturated rings. The molecule has 0 saturated heterocycles. The summed E-state index contributed by atoms with van der Waals surface area (Å²) in [6.45, 7) is 1.85. The summed E-state index contributed by atoms with van der Waals surface area (Å²) in [5.74, 6) is 1.05. The van der Waals surface area contributed by atoms with E-state index in [0.717, 1.165) is 33.2 Å². The van der Waals surface area contributed by atoms with E-state index in [0.29, 0.717) is 23.5 Å². The Labute approximate surface area is 193 Å². The SMILES string of the molecule is COc1ccc(-c2cc(C(=O)N[C@@H](CO)Cc3c[nH]c4ccccc34)ccc2C)cc1OC. The lowest BCUT2D eigenvalue weighted by molar-refractivity contribution is 0.0916. The maximum absolute atomic E-state index is 13.0. The number of aromatic amines is 1. The predicted octanol–water partition coefficient (Wildman–Crippen LogP) is 4.49. The van der Waals surface area contributed by atoms with Crippen LogP contribution in [0, 0.1) is 6.92 Å². The number of aliphatic hydroxyl groups is 1. The molecule has 0 unspecified atom stereocenters. The molecule has 1 amide bonds. The molecule has 3 aromatic carbocycles. The zero-order chi connectivity index (χ0) is 23.4. The summed E-state index contributed by atoms with van der Waals surface area (Å²) in [7, 11) is 3.20. The number of aliphatic hydroxyl groups excluding tert-OH is 1. The van der Waals surface area contributed by atoms with Crippen LogP contribution in [0.5, 0.6) is 11.5 Å². The zero-order valence-corrected chi connectivity index (χ0v) is 19.0. The number of hydrogen-bond donors (Lipinski definition) is 3. The molecule has 0 radical (unpaired) electrons. The summed E-state index contributed by atoms with van der Waals surface area (Å²) in [5.41, 5.74) is 5.52. The van der Waals surface area contributed by atoms with E-state index in [9.17, 15) is 9.90 Å². The topological polar surface area (TPSA) is 83.6 Å². The fourth-order valence-corrected chi connectivity index (χ4v) is 4.07. The van der Waals surface area contributed by atoms with Gasteiger partial charge in [0.2, 0.25) is 0 Å². The average molecular weight is 445 g/mol. The van der Waals surface area contributed by atoms with Crippen molar-refractivity contribution in [3.63, 3.8) is 0 Å². The van der Waals surface area contributed by atoms with Gasteiger partial charge in [0.05, 0.1) is 26.9 Å². The second-order valence-corrected chi connectivity index (χ2v) is 8.02. The predicted molar refractivity (Wildman–Crippen MR) is 130 cm³/mol. The molecule has 0 aliphatic heterocycles. The van der Waals surface area contributed by atoms with Gasteiger partial charge in [0.1, 0.15) is 0 Å². The van der Waals surface area contributed by atoms with Gasteiger partial charge in [0, 0.05) is 22.7 Å². The van der Waals surface area contributed by atoms with Crippen molar-refractivity contribution >= 4 is 16.8 Å². The first kappa shape index (κ1) is 22.4. The normalized spacial score (nSPS) is 11.9. The summed E-state index contributed by atoms with van der Waals surface area (Å²) in [6, 6.07) is 18.9. The maximum atomic E-state index is 13.0. The highest BCUT2D eigenvalue weighted by molar-refractivity contribution is 5.96. The molecular formula is C27H28N2O4. The lowest BCUT2D eigenvalue weighted by atomic mass is 9.97. The molecule has 0 spiro atoms. The summed E-state index contributed by atoms with van der Waals surface area (Å²) in [4.78, 5) is 16.3. The van der Waals surface area contributed by atoms with E-state index in [-0.39, 0.29) is 12.5 Å². The fourth-order valence-electron chi connectivity index (χ4n) is 4.07. The number of benzene rings is 3. The van der Waals surface area contributed by atoms with Crippen molar-refractivity contribution in [2.75, 3.05) is 20.8 Å². The van der Waals surface area contributed by atoms with Gasteiger partial charge in [0.25, 0.3) is 5.91 Å². The number of hydrogen-bond acceptors (Lipinski definition) is 4. The Hall–Kier alpha value is -3.77. The van der Waals surface area contributed by atoms with E-state index in [1.807, 2.05) is 67.7 Å². The Morgan fingerprint density at radius 2 is 1.82 bits per heavy atom. The molecule has 0 saturated carbocycles. The number of methoxy groups -OCH3 is 2. The molecule has 4 aromatic rings. The molecule has 6 heteroatoms. The van der Waals surface area contributed by atoms with Crippen molar-refractivity contribution in [1.29, 1.82) is 0 Å². The number of H-pyrrole nitrogens is 1. The first-order valence-electron chi connectivity index (χ1n) is 10.8. The smallest absolute Gasteiger partial charge is 0.251 e. The van der Waals surface area contributed by atoms with Crippen LogP contribution in [0.15, 0.2) is 66.9 Å². The van der Waals surface area contributed by atoms with Crippen LogP contribution in [-0.2, 0) is 6.42 Å². The number of amides is 1. The molecule has 1 aromatic heterocycles. The van der Waals surface area contributed by atoms with E-state index >= 15 is 0 Å². The number of ether oxygens (including phenoxy) is 2. The van der Waals surface area contributed by atoms with Crippen LogP contribution < -0.4 is 14.8 Å². The zero-order valence-electron chi connectivity index (χ0n) is 19.0. The fraction of sp³-hybridized carbons (Fsp3) is 0.222. The van der Waals surface area contributed by atoms with E-state index in [2.05, 4.69) is 10.3 Å². The van der Waals surface area contributed by atoms with E-state index in [4.69, 9.17) is 9.47 Å². The number of fused-ring (bicyclic) bond motifs is 1. The molecular weight excluding hydrogens is 416 g/mol. The van der Waals surface area contributed by atoms with Gasteiger partial charge in [-0.1, -0.05) is 30.3 Å². The number of rotatable bonds is 8. The third-order valence-electron chi connectivity index (χ3n) is 5.89. The molecule has 4 rings (SSSR count). The third kappa shape index (κ3) is 4.71. The summed E-state index contributed by atoms with van der Waals surface area (Å²) < 4.78 is 10.8. The second-order valence-electron chi connectivity index (χ2n) is 8.02. The molecule has 0 aliphatic carbocycles. The van der Waals surface area contributed by atoms with Gasteiger partial charge in [0.15, 0.2) is 11.5 Å². The monoisotopic (exact) mass is 444 g/mol. The third-order valence-corrected chi connectivity index (χ3v) is 5.89. The van der Waals surface area contributed by atoms with Crippen molar-refractivity contribution in [1.82, 2.24) is 10.3 Å². The van der Waals surface area contributed by atoms with Crippen LogP contribution in [0.4, 0.5) is 0 Å². The first-order valence-corrected chi connectivity index (χ1v) is 10.8. The minimum absolute atomic E-state index is 0.153. The molecule has 1 heterocycles. The van der Waals surface area contributed by atoms with Crippen LogP contribution in [-0.4, -0.2) is 42.9 Å². The van der Waals surface area contributed by atoms with Gasteiger partial charge in [-0.05, 0) is 65.9 Å². The molecule has 0 aliphatic rings. The molecule has 0 bridgehead atoms. The summed E-state index contributed by atoms with van der Waals surface area (Å²) in [5, 5.41) is 14.0. The number of para-hydroxylation sites is 1. The van der Waals surface area contributed by atoms with Gasteiger partial charge in [-0.15, -0.1) is 0 Å². The minimum Gasteiger partial charge on any atom is -0.493 e. The van der Waals surface area contributed by atoms with Crippen molar-refractivity contribution in [2.24, 2.45) is 0 Å². The minimum atomic E-state index is -0.400. The van der Waals surface area contributed by atoms with Gasteiger partial charge < -0.3 is 24.9 Å². The van der Waals surface area contributed by atoms with E-state index < -0.39 is 6.04 Å². The highest BCUT2D eigenvalue weighted by Crippen LogP contribution is 2.34. The lowest BCUT2D eigenvalue weighted by Gasteiger charge is -2.17. The Kier molecular flexibility index (Phi) is 6.66. The number of nitrogens with one attached hydrogen (secondary N) is 2. The van der Waals surface area contributed by atoms with Crippen molar-refractivity contribution in [3.8, 4) is 22.6 Å². The second kappa shape index (κ2) is 9.79. The maximum Gasteiger partial charge on any atom is 0.251 e. The Morgan fingerprint density at radius 3 is 2.58 bits per heavy atom. The number of carbonyl (C=O) groups excluding carboxylic acids is 1. The lowest BCUT2D eigenvalue weighted by Crippen LogP contribution is -2.39. The molecule has 33 heavy (non-hydrogen) atoms. The largest absolute Gasteiger partial charge is 0.493 e. The highest BCUT2D eigenvalue weighted by atomic mass is 16.5. The first-order chi connectivity index (χ1) is 16.0.